The number of rotatable bonds is 7. The van der Waals surface area contributed by atoms with Gasteiger partial charge in [0.05, 0.1) is 0 Å². The maximum atomic E-state index is 12.7. The number of carbonyl (C=O) groups excluding carboxylic acids is 1. The van der Waals surface area contributed by atoms with Crippen LogP contribution < -0.4 is 5.32 Å². The van der Waals surface area contributed by atoms with E-state index >= 15 is 0 Å². The molecule has 1 aromatic carbocycles. The largest absolute Gasteiger partial charge is 0.451 e. The molecule has 3 rings (SSSR count). The molecule has 0 aliphatic carbocycles. The van der Waals surface area contributed by atoms with Gasteiger partial charge in [-0.2, -0.15) is 0 Å². The van der Waals surface area contributed by atoms with Gasteiger partial charge in [0.15, 0.2) is 5.76 Å². The second-order valence-corrected chi connectivity index (χ2v) is 8.19. The third-order valence-corrected chi connectivity index (χ3v) is 6.11. The van der Waals surface area contributed by atoms with Gasteiger partial charge in [-0.15, -0.1) is 11.3 Å². The molecule has 2 aromatic heterocycles. The Bertz CT molecular complexity index is 869. The molecule has 0 aliphatic rings. The number of amides is 1. The summed E-state index contributed by atoms with van der Waals surface area (Å²) >= 11 is 3.27. The summed E-state index contributed by atoms with van der Waals surface area (Å²) in [6, 6.07) is 7.94. The lowest BCUT2D eigenvalue weighted by Gasteiger charge is -2.12. The number of nitrogens with zero attached hydrogens (tertiary/aromatic N) is 1. The molecule has 25 heavy (non-hydrogen) atoms. The van der Waals surface area contributed by atoms with Gasteiger partial charge in [0.25, 0.3) is 5.91 Å². The Labute approximate surface area is 156 Å². The van der Waals surface area contributed by atoms with E-state index in [-0.39, 0.29) is 11.9 Å². The van der Waals surface area contributed by atoms with Gasteiger partial charge in [0, 0.05) is 33.8 Å². The maximum absolute atomic E-state index is 12.7. The first-order valence-electron chi connectivity index (χ1n) is 8.44. The number of nitrogens with one attached hydrogen (secondary N) is 1. The van der Waals surface area contributed by atoms with Crippen molar-refractivity contribution >= 4 is 40.0 Å². The van der Waals surface area contributed by atoms with Crippen LogP contribution in [0.25, 0.3) is 11.0 Å². The molecule has 1 amide bonds. The molecule has 1 N–H and O–H groups in total. The summed E-state index contributed by atoms with van der Waals surface area (Å²) < 4.78 is 6.90. The Kier molecular flexibility index (Phi) is 5.81. The van der Waals surface area contributed by atoms with Gasteiger partial charge in [-0.1, -0.05) is 43.3 Å². The van der Waals surface area contributed by atoms with Gasteiger partial charge in [-0.25, -0.2) is 4.98 Å². The van der Waals surface area contributed by atoms with Crippen LogP contribution in [-0.2, 0) is 5.75 Å². The molecule has 2 heterocycles. The van der Waals surface area contributed by atoms with E-state index in [0.29, 0.717) is 11.5 Å². The summed E-state index contributed by atoms with van der Waals surface area (Å²) in [7, 11) is 0. The van der Waals surface area contributed by atoms with E-state index in [9.17, 15) is 4.79 Å². The first-order chi connectivity index (χ1) is 12.1. The van der Waals surface area contributed by atoms with Crippen LogP contribution in [0.1, 0.15) is 48.5 Å². The summed E-state index contributed by atoms with van der Waals surface area (Å²) in [5.41, 5.74) is 2.72. The zero-order valence-electron chi connectivity index (χ0n) is 14.7. The van der Waals surface area contributed by atoms with Crippen molar-refractivity contribution in [1.82, 2.24) is 10.3 Å². The molecule has 6 heteroatoms. The lowest BCUT2D eigenvalue weighted by atomic mass is 10.1. The predicted octanol–water partition coefficient (Wildman–Crippen LogP) is 5.41. The molecule has 4 nitrogen and oxygen atoms in total. The van der Waals surface area contributed by atoms with Crippen molar-refractivity contribution in [1.29, 1.82) is 0 Å². The van der Waals surface area contributed by atoms with E-state index < -0.39 is 0 Å². The quantitative estimate of drug-likeness (QED) is 0.562. The zero-order valence-corrected chi connectivity index (χ0v) is 16.3. The fourth-order valence-corrected chi connectivity index (χ4v) is 4.63. The van der Waals surface area contributed by atoms with Crippen LogP contribution in [0.5, 0.6) is 0 Å². The number of aryl methyl sites for hydroxylation is 1. The molecule has 132 valence electrons. The van der Waals surface area contributed by atoms with E-state index in [4.69, 9.17) is 4.42 Å². The summed E-state index contributed by atoms with van der Waals surface area (Å²) in [4.78, 5) is 17.2. The fourth-order valence-electron chi connectivity index (χ4n) is 2.75. The minimum absolute atomic E-state index is 0.132. The summed E-state index contributed by atoms with van der Waals surface area (Å²) in [5, 5.41) is 6.08. The van der Waals surface area contributed by atoms with Crippen molar-refractivity contribution in [2.45, 2.75) is 49.7 Å². The number of para-hydroxylation sites is 1. The number of benzene rings is 1. The first kappa shape index (κ1) is 18.0. The smallest absolute Gasteiger partial charge is 0.287 e. The summed E-state index contributed by atoms with van der Waals surface area (Å²) in [6.07, 6.45) is 1.99. The number of carbonyl (C=O) groups is 1. The molecule has 0 saturated heterocycles. The number of hydrogen-bond acceptors (Lipinski definition) is 5. The van der Waals surface area contributed by atoms with Crippen LogP contribution in [0.2, 0.25) is 0 Å². The normalized spacial score (nSPS) is 12.4. The molecule has 0 aliphatic heterocycles. The minimum atomic E-state index is -0.136. The molecule has 0 saturated carbocycles. The van der Waals surface area contributed by atoms with Crippen molar-refractivity contribution < 1.29 is 9.21 Å². The molecule has 0 fully saturated rings. The molecular formula is C19H22N2O2S2. The Balaban J connectivity index is 1.87. The Hall–Kier alpha value is -1.79. The van der Waals surface area contributed by atoms with Crippen LogP contribution in [0.3, 0.4) is 0 Å². The van der Waals surface area contributed by atoms with Crippen LogP contribution in [0.15, 0.2) is 38.4 Å². The van der Waals surface area contributed by atoms with Gasteiger partial charge >= 0.3 is 0 Å². The highest BCUT2D eigenvalue weighted by Gasteiger charge is 2.22. The van der Waals surface area contributed by atoms with Crippen LogP contribution >= 0.6 is 23.1 Å². The van der Waals surface area contributed by atoms with Crippen molar-refractivity contribution in [2.75, 3.05) is 0 Å². The monoisotopic (exact) mass is 374 g/mol. The topological polar surface area (TPSA) is 55.1 Å². The van der Waals surface area contributed by atoms with Gasteiger partial charge in [-0.05, 0) is 26.3 Å². The second kappa shape index (κ2) is 8.06. The molecule has 0 spiro atoms. The van der Waals surface area contributed by atoms with Crippen LogP contribution in [0, 0.1) is 6.92 Å². The van der Waals surface area contributed by atoms with Gasteiger partial charge in [0.1, 0.15) is 9.92 Å². The number of aromatic nitrogens is 1. The second-order valence-electron chi connectivity index (χ2n) is 6.11. The highest BCUT2D eigenvalue weighted by Crippen LogP contribution is 2.33. The van der Waals surface area contributed by atoms with Crippen LogP contribution in [-0.4, -0.2) is 16.9 Å². The summed E-state index contributed by atoms with van der Waals surface area (Å²) in [6.45, 7) is 6.13. The maximum Gasteiger partial charge on any atom is 0.287 e. The standard InChI is InChI=1S/C19H22N2O2S2/c1-4-7-12(2)20-18(22)17-15(11-25-19-21-13(3)10-24-19)14-8-5-6-9-16(14)23-17/h5-6,8-10,12H,4,7,11H2,1-3H3,(H,20,22). The van der Waals surface area contributed by atoms with Crippen LogP contribution in [0.4, 0.5) is 0 Å². The number of fused-ring (bicyclic) bond motifs is 1. The molecular weight excluding hydrogens is 352 g/mol. The zero-order chi connectivity index (χ0) is 17.8. The number of furan rings is 1. The van der Waals surface area contributed by atoms with Crippen molar-refractivity contribution in [3.05, 3.63) is 46.7 Å². The van der Waals surface area contributed by atoms with E-state index in [2.05, 4.69) is 17.2 Å². The fraction of sp³-hybridized carbons (Fsp3) is 0.368. The van der Waals surface area contributed by atoms with Crippen molar-refractivity contribution in [3.8, 4) is 0 Å². The van der Waals surface area contributed by atoms with Gasteiger partial charge in [0.2, 0.25) is 0 Å². The average molecular weight is 375 g/mol. The van der Waals surface area contributed by atoms with Crippen molar-refractivity contribution in [3.63, 3.8) is 0 Å². The highest BCUT2D eigenvalue weighted by molar-refractivity contribution is 8.00. The summed E-state index contributed by atoms with van der Waals surface area (Å²) in [5.74, 6) is 0.947. The number of thioether (sulfide) groups is 1. The number of thiazole rings is 1. The molecule has 0 bridgehead atoms. The third-order valence-electron chi connectivity index (χ3n) is 3.94. The molecule has 3 aromatic rings. The Morgan fingerprint density at radius 2 is 2.20 bits per heavy atom. The van der Waals surface area contributed by atoms with E-state index in [1.54, 1.807) is 23.1 Å². The Morgan fingerprint density at radius 3 is 2.92 bits per heavy atom. The lowest BCUT2D eigenvalue weighted by molar-refractivity contribution is 0.0911. The van der Waals surface area contributed by atoms with Crippen molar-refractivity contribution in [2.24, 2.45) is 0 Å². The third kappa shape index (κ3) is 4.25. The predicted molar refractivity (Wildman–Crippen MR) is 104 cm³/mol. The molecule has 1 atom stereocenters. The highest BCUT2D eigenvalue weighted by atomic mass is 32.2. The average Bonchev–Trinajstić information content (AvgIpc) is 3.16. The Morgan fingerprint density at radius 1 is 1.40 bits per heavy atom. The first-order valence-corrected chi connectivity index (χ1v) is 10.3. The number of hydrogen-bond donors (Lipinski definition) is 1. The van der Waals surface area contributed by atoms with E-state index in [1.165, 1.54) is 0 Å². The van der Waals surface area contributed by atoms with Gasteiger partial charge < -0.3 is 9.73 Å². The molecule has 0 radical (unpaired) electrons. The lowest BCUT2D eigenvalue weighted by Crippen LogP contribution is -2.32. The van der Waals surface area contributed by atoms with E-state index in [1.807, 2.05) is 43.5 Å². The molecule has 1 unspecified atom stereocenters. The SMILES string of the molecule is CCCC(C)NC(=O)c1oc2ccccc2c1CSc1nc(C)cs1. The van der Waals surface area contributed by atoms with E-state index in [0.717, 1.165) is 39.4 Å². The minimum Gasteiger partial charge on any atom is -0.451 e. The van der Waals surface area contributed by atoms with Gasteiger partial charge in [-0.3, -0.25) is 4.79 Å².